The number of allylic oxidation sites excluding steroid dienone is 8. The first kappa shape index (κ1) is 52.8. The predicted octanol–water partition coefficient (Wildman–Crippen LogP) is 7.61. The van der Waals surface area contributed by atoms with Gasteiger partial charge in [-0.1, -0.05) is 127 Å². The molecule has 6 N–H and O–H groups in total. The van der Waals surface area contributed by atoms with Gasteiger partial charge in [0.15, 0.2) is 6.10 Å². The summed E-state index contributed by atoms with van der Waals surface area (Å²) in [7, 11) is -5.12. The van der Waals surface area contributed by atoms with Crippen molar-refractivity contribution in [2.24, 2.45) is 0 Å². The summed E-state index contributed by atoms with van der Waals surface area (Å²) in [5.41, 5.74) is 0. The highest BCUT2D eigenvalue weighted by Crippen LogP contribution is 2.47. The molecule has 0 aromatic carbocycles. The van der Waals surface area contributed by atoms with Crippen LogP contribution in [0.25, 0.3) is 0 Å². The van der Waals surface area contributed by atoms with E-state index >= 15 is 0 Å². The smallest absolute Gasteiger partial charge is 0.462 e. The predicted molar refractivity (Wildman–Crippen MR) is 221 cm³/mol. The SMILES string of the molecule is CC/C=C\C/C=C\C/C=C\CCCCCCCCCC(=O)OC(COC(=O)CCCCCCC/C=C\CCCC)COP(=O)(O)OC1C(O)C(O)C(O)C(O)C1O. The lowest BCUT2D eigenvalue weighted by Gasteiger charge is -2.41. The molecule has 13 nitrogen and oxygen atoms in total. The van der Waals surface area contributed by atoms with E-state index in [4.69, 9.17) is 18.5 Å². The molecule has 57 heavy (non-hydrogen) atoms. The maximum absolute atomic E-state index is 12.8. The summed E-state index contributed by atoms with van der Waals surface area (Å²) in [5.74, 6) is -1.13. The van der Waals surface area contributed by atoms with Gasteiger partial charge in [-0.3, -0.25) is 18.6 Å². The van der Waals surface area contributed by atoms with Gasteiger partial charge in [-0.2, -0.15) is 0 Å². The zero-order chi connectivity index (χ0) is 42.2. The summed E-state index contributed by atoms with van der Waals surface area (Å²) in [6, 6.07) is 0. The maximum Gasteiger partial charge on any atom is 0.472 e. The van der Waals surface area contributed by atoms with E-state index < -0.39 is 75.7 Å². The number of aliphatic hydroxyl groups excluding tert-OH is 5. The molecule has 0 radical (unpaired) electrons. The van der Waals surface area contributed by atoms with Gasteiger partial charge in [-0.15, -0.1) is 0 Å². The minimum atomic E-state index is -5.12. The quantitative estimate of drug-likeness (QED) is 0.0160. The normalized spacial score (nSPS) is 23.2. The number of phosphoric acid groups is 1. The van der Waals surface area contributed by atoms with Gasteiger partial charge in [-0.25, -0.2) is 4.57 Å². The second-order valence-electron chi connectivity index (χ2n) is 14.8. The number of hydrogen-bond donors (Lipinski definition) is 6. The number of ether oxygens (including phenoxy) is 2. The summed E-state index contributed by atoms with van der Waals surface area (Å²) in [6.07, 6.45) is 24.6. The molecule has 1 aliphatic carbocycles. The van der Waals surface area contributed by atoms with Crippen LogP contribution in [0.4, 0.5) is 0 Å². The Kier molecular flexibility index (Phi) is 31.2. The van der Waals surface area contributed by atoms with E-state index in [-0.39, 0.29) is 12.8 Å². The molecule has 0 bridgehead atoms. The van der Waals surface area contributed by atoms with Crippen LogP contribution in [0.5, 0.6) is 0 Å². The first-order valence-electron chi connectivity index (χ1n) is 21.4. The lowest BCUT2D eigenvalue weighted by Crippen LogP contribution is -2.64. The topological polar surface area (TPSA) is 210 Å². The van der Waals surface area contributed by atoms with Crippen molar-refractivity contribution in [2.45, 2.75) is 198 Å². The van der Waals surface area contributed by atoms with Crippen LogP contribution in [0.1, 0.15) is 155 Å². The molecule has 6 unspecified atom stereocenters. The van der Waals surface area contributed by atoms with E-state index in [2.05, 4.69) is 62.5 Å². The highest BCUT2D eigenvalue weighted by molar-refractivity contribution is 7.47. The number of aliphatic hydroxyl groups is 5. The van der Waals surface area contributed by atoms with Gasteiger partial charge in [0.25, 0.3) is 0 Å². The van der Waals surface area contributed by atoms with Crippen LogP contribution in [0.15, 0.2) is 48.6 Å². The Morgan fingerprint density at radius 1 is 0.561 bits per heavy atom. The van der Waals surface area contributed by atoms with Gasteiger partial charge in [0.05, 0.1) is 6.61 Å². The molecule has 330 valence electrons. The first-order valence-corrected chi connectivity index (χ1v) is 22.9. The zero-order valence-corrected chi connectivity index (χ0v) is 35.5. The largest absolute Gasteiger partial charge is 0.472 e. The number of unbranched alkanes of at least 4 members (excludes halogenated alkanes) is 14. The Hall–Kier alpha value is -2.19. The van der Waals surface area contributed by atoms with Crippen molar-refractivity contribution in [1.82, 2.24) is 0 Å². The van der Waals surface area contributed by atoms with Crippen molar-refractivity contribution >= 4 is 19.8 Å². The van der Waals surface area contributed by atoms with Crippen LogP contribution < -0.4 is 0 Å². The fraction of sp³-hybridized carbons (Fsp3) is 0.767. The van der Waals surface area contributed by atoms with Crippen LogP contribution in [0.2, 0.25) is 0 Å². The van der Waals surface area contributed by atoms with Gasteiger partial charge in [0, 0.05) is 12.8 Å². The summed E-state index contributed by atoms with van der Waals surface area (Å²) in [5, 5.41) is 50.0. The van der Waals surface area contributed by atoms with Crippen LogP contribution >= 0.6 is 7.82 Å². The molecule has 1 rings (SSSR count). The minimum absolute atomic E-state index is 0.0823. The number of hydrogen-bond acceptors (Lipinski definition) is 12. The standard InChI is InChI=1S/C43H75O13P/c1-3-5-7-9-11-13-15-16-17-18-19-20-22-24-26-28-30-32-37(45)55-35(33-53-36(44)31-29-27-25-23-21-14-12-10-8-6-4-2)34-54-57(51,52)56-43-41(49)39(47)38(46)40(48)42(43)50/h5,7,10-13,16-17,35,38-43,46-50H,3-4,6,8-9,14-15,18-34H2,1-2H3,(H,51,52)/b7-5-,12-10-,13-11-,17-16-. The number of phosphoric ester groups is 1. The molecule has 1 saturated carbocycles. The van der Waals surface area contributed by atoms with E-state index in [0.29, 0.717) is 12.8 Å². The molecule has 1 aliphatic rings. The Morgan fingerprint density at radius 2 is 1.00 bits per heavy atom. The number of carbonyl (C=O) groups is 2. The van der Waals surface area contributed by atoms with Crippen molar-refractivity contribution in [3.63, 3.8) is 0 Å². The van der Waals surface area contributed by atoms with Crippen LogP contribution in [0.3, 0.4) is 0 Å². The molecule has 6 atom stereocenters. The van der Waals surface area contributed by atoms with E-state index in [9.17, 15) is 44.6 Å². The summed E-state index contributed by atoms with van der Waals surface area (Å²) in [6.45, 7) is 3.11. The van der Waals surface area contributed by atoms with Gasteiger partial charge in [0.2, 0.25) is 0 Å². The Morgan fingerprint density at radius 3 is 1.54 bits per heavy atom. The molecule has 0 aromatic heterocycles. The Balaban J connectivity index is 2.50. The Labute approximate surface area is 341 Å². The highest BCUT2D eigenvalue weighted by atomic mass is 31.2. The third-order valence-corrected chi connectivity index (χ3v) is 10.6. The second-order valence-corrected chi connectivity index (χ2v) is 16.2. The van der Waals surface area contributed by atoms with Crippen molar-refractivity contribution in [3.05, 3.63) is 48.6 Å². The third kappa shape index (κ3) is 26.5. The van der Waals surface area contributed by atoms with E-state index in [0.717, 1.165) is 103 Å². The number of carbonyl (C=O) groups excluding carboxylic acids is 2. The lowest BCUT2D eigenvalue weighted by atomic mass is 9.85. The lowest BCUT2D eigenvalue weighted by molar-refractivity contribution is -0.220. The molecule has 0 aromatic rings. The number of rotatable bonds is 34. The molecule has 0 heterocycles. The van der Waals surface area contributed by atoms with Crippen molar-refractivity contribution in [3.8, 4) is 0 Å². The second kappa shape index (κ2) is 33.6. The van der Waals surface area contributed by atoms with Crippen molar-refractivity contribution in [1.29, 1.82) is 0 Å². The average molecular weight is 831 g/mol. The summed E-state index contributed by atoms with van der Waals surface area (Å²) < 4.78 is 33.4. The van der Waals surface area contributed by atoms with Crippen LogP contribution in [-0.4, -0.2) is 98.3 Å². The van der Waals surface area contributed by atoms with Gasteiger partial charge < -0.3 is 39.9 Å². The average Bonchev–Trinajstić information content (AvgIpc) is 3.19. The van der Waals surface area contributed by atoms with Gasteiger partial charge in [0.1, 0.15) is 43.2 Å². The minimum Gasteiger partial charge on any atom is -0.462 e. The Bertz CT molecular complexity index is 1190. The first-order chi connectivity index (χ1) is 27.4. The maximum atomic E-state index is 12.8. The molecule has 0 spiro atoms. The molecule has 0 amide bonds. The molecule has 1 fully saturated rings. The van der Waals surface area contributed by atoms with Crippen LogP contribution in [0, 0.1) is 0 Å². The van der Waals surface area contributed by atoms with Crippen LogP contribution in [-0.2, 0) is 32.7 Å². The van der Waals surface area contributed by atoms with Gasteiger partial charge >= 0.3 is 19.8 Å². The molecule has 14 heteroatoms. The van der Waals surface area contributed by atoms with Crippen molar-refractivity contribution in [2.75, 3.05) is 13.2 Å². The molecule has 0 aliphatic heterocycles. The number of esters is 2. The highest BCUT2D eigenvalue weighted by Gasteiger charge is 2.51. The monoisotopic (exact) mass is 830 g/mol. The zero-order valence-electron chi connectivity index (χ0n) is 34.6. The fourth-order valence-electron chi connectivity index (χ4n) is 6.16. The molecular formula is C43H75O13P. The summed E-state index contributed by atoms with van der Waals surface area (Å²) >= 11 is 0. The fourth-order valence-corrected chi connectivity index (χ4v) is 7.14. The van der Waals surface area contributed by atoms with E-state index in [1.165, 1.54) is 12.8 Å². The molecule has 0 saturated heterocycles. The van der Waals surface area contributed by atoms with Gasteiger partial charge in [-0.05, 0) is 64.2 Å². The van der Waals surface area contributed by atoms with E-state index in [1.54, 1.807) is 0 Å². The molecular weight excluding hydrogens is 755 g/mol. The van der Waals surface area contributed by atoms with Crippen molar-refractivity contribution < 1.29 is 63.1 Å². The summed E-state index contributed by atoms with van der Waals surface area (Å²) in [4.78, 5) is 35.6. The van der Waals surface area contributed by atoms with E-state index in [1.807, 2.05) is 0 Å². The third-order valence-electron chi connectivity index (χ3n) is 9.65.